The molecule has 1 heterocycles. The van der Waals surface area contributed by atoms with Crippen molar-refractivity contribution in [3.05, 3.63) is 52.7 Å². The summed E-state index contributed by atoms with van der Waals surface area (Å²) in [7, 11) is 0. The van der Waals surface area contributed by atoms with E-state index in [-0.39, 0.29) is 11.7 Å². The summed E-state index contributed by atoms with van der Waals surface area (Å²) in [5, 5.41) is 25.1. The molecule has 0 amide bonds. The van der Waals surface area contributed by atoms with Crippen LogP contribution in [0.4, 0.5) is 11.4 Å². The number of aliphatic hydroxyl groups is 1. The molecule has 6 nitrogen and oxygen atoms in total. The van der Waals surface area contributed by atoms with Gasteiger partial charge < -0.3 is 10.4 Å². The lowest BCUT2D eigenvalue weighted by Crippen LogP contribution is -2.22. The van der Waals surface area contributed by atoms with Crippen LogP contribution in [0.25, 0.3) is 10.9 Å². The van der Waals surface area contributed by atoms with Gasteiger partial charge in [0.15, 0.2) is 0 Å². The largest absolute Gasteiger partial charge is 0.393 e. The van der Waals surface area contributed by atoms with E-state index in [1.165, 1.54) is 6.20 Å². The summed E-state index contributed by atoms with van der Waals surface area (Å²) >= 11 is 0. The Bertz CT molecular complexity index is 730. The molecule has 1 aromatic carbocycles. The molecule has 0 radical (unpaired) electrons. The summed E-state index contributed by atoms with van der Waals surface area (Å²) in [6, 6.07) is 5.51. The molecule has 122 valence electrons. The average molecular weight is 315 g/mol. The summed E-state index contributed by atoms with van der Waals surface area (Å²) in [5.74, 6) is 0. The summed E-state index contributed by atoms with van der Waals surface area (Å²) < 4.78 is 0. The molecule has 2 unspecified atom stereocenters. The van der Waals surface area contributed by atoms with Crippen LogP contribution in [0, 0.1) is 17.0 Å². The number of hydrogen-bond acceptors (Lipinski definition) is 5. The SMILES string of the molecule is C=CCC(O)CC(C)Nc1c([N+](=O)[O-])cnc2ccc(C)cc12. The molecule has 0 saturated heterocycles. The molecule has 0 fully saturated rings. The molecular formula is C17H21N3O3. The van der Waals surface area contributed by atoms with E-state index in [1.54, 1.807) is 6.08 Å². The first-order valence-electron chi connectivity index (χ1n) is 7.51. The van der Waals surface area contributed by atoms with Crippen LogP contribution in [0.1, 0.15) is 25.3 Å². The zero-order valence-electron chi connectivity index (χ0n) is 13.3. The van der Waals surface area contributed by atoms with Crippen molar-refractivity contribution in [1.29, 1.82) is 0 Å². The predicted molar refractivity (Wildman–Crippen MR) is 91.7 cm³/mol. The third-order valence-electron chi connectivity index (χ3n) is 3.66. The number of nitro groups is 1. The Kier molecular flexibility index (Phi) is 5.28. The molecule has 0 saturated carbocycles. The number of aryl methyl sites for hydroxylation is 1. The molecule has 0 spiro atoms. The highest BCUT2D eigenvalue weighted by Crippen LogP contribution is 2.33. The first-order chi connectivity index (χ1) is 10.9. The van der Waals surface area contributed by atoms with Gasteiger partial charge in [-0.25, -0.2) is 4.98 Å². The second-order valence-corrected chi connectivity index (χ2v) is 5.76. The molecule has 0 aliphatic heterocycles. The summed E-state index contributed by atoms with van der Waals surface area (Å²) in [5.41, 5.74) is 2.08. The van der Waals surface area contributed by atoms with Crippen molar-refractivity contribution in [3.63, 3.8) is 0 Å². The Balaban J connectivity index is 2.40. The highest BCUT2D eigenvalue weighted by atomic mass is 16.6. The maximum Gasteiger partial charge on any atom is 0.311 e. The van der Waals surface area contributed by atoms with Gasteiger partial charge in [-0.15, -0.1) is 6.58 Å². The highest BCUT2D eigenvalue weighted by Gasteiger charge is 2.20. The van der Waals surface area contributed by atoms with Gasteiger partial charge in [0.25, 0.3) is 0 Å². The Morgan fingerprint density at radius 2 is 2.26 bits per heavy atom. The summed E-state index contributed by atoms with van der Waals surface area (Å²) in [4.78, 5) is 15.0. The van der Waals surface area contributed by atoms with Gasteiger partial charge in [-0.3, -0.25) is 10.1 Å². The molecule has 2 N–H and O–H groups in total. The number of aromatic nitrogens is 1. The first-order valence-corrected chi connectivity index (χ1v) is 7.51. The van der Waals surface area contributed by atoms with E-state index in [0.717, 1.165) is 5.56 Å². The van der Waals surface area contributed by atoms with Crippen molar-refractivity contribution in [2.24, 2.45) is 0 Å². The Morgan fingerprint density at radius 3 is 2.91 bits per heavy atom. The molecule has 23 heavy (non-hydrogen) atoms. The lowest BCUT2D eigenvalue weighted by Gasteiger charge is -2.19. The van der Waals surface area contributed by atoms with E-state index in [9.17, 15) is 15.2 Å². The number of rotatable bonds is 7. The van der Waals surface area contributed by atoms with Gasteiger partial charge in [0.2, 0.25) is 0 Å². The minimum atomic E-state index is -0.524. The molecule has 1 aromatic heterocycles. The lowest BCUT2D eigenvalue weighted by molar-refractivity contribution is -0.384. The van der Waals surface area contributed by atoms with Gasteiger partial charge in [-0.05, 0) is 38.8 Å². The fourth-order valence-electron chi connectivity index (χ4n) is 2.59. The van der Waals surface area contributed by atoms with E-state index in [4.69, 9.17) is 0 Å². The lowest BCUT2D eigenvalue weighted by atomic mass is 10.1. The Morgan fingerprint density at radius 1 is 1.52 bits per heavy atom. The molecular weight excluding hydrogens is 294 g/mol. The van der Waals surface area contributed by atoms with E-state index in [2.05, 4.69) is 16.9 Å². The van der Waals surface area contributed by atoms with Gasteiger partial charge in [-0.1, -0.05) is 17.7 Å². The normalized spacial score (nSPS) is 13.5. The molecule has 2 rings (SSSR count). The van der Waals surface area contributed by atoms with Crippen LogP contribution in [0.2, 0.25) is 0 Å². The van der Waals surface area contributed by atoms with Gasteiger partial charge in [0.05, 0.1) is 16.5 Å². The number of pyridine rings is 1. The second-order valence-electron chi connectivity index (χ2n) is 5.76. The molecule has 0 aliphatic carbocycles. The minimum Gasteiger partial charge on any atom is -0.393 e. The van der Waals surface area contributed by atoms with Crippen LogP contribution < -0.4 is 5.32 Å². The van der Waals surface area contributed by atoms with Crippen molar-refractivity contribution in [2.45, 2.75) is 38.8 Å². The van der Waals surface area contributed by atoms with Crippen LogP contribution in [-0.2, 0) is 0 Å². The Hall–Kier alpha value is -2.47. The number of benzene rings is 1. The topological polar surface area (TPSA) is 88.3 Å². The van der Waals surface area contributed by atoms with Crippen LogP contribution >= 0.6 is 0 Å². The van der Waals surface area contributed by atoms with Gasteiger partial charge in [0, 0.05) is 11.4 Å². The van der Waals surface area contributed by atoms with Gasteiger partial charge >= 0.3 is 5.69 Å². The summed E-state index contributed by atoms with van der Waals surface area (Å²) in [6.07, 6.45) is 3.37. The van der Waals surface area contributed by atoms with Crippen molar-refractivity contribution < 1.29 is 10.0 Å². The van der Waals surface area contributed by atoms with Crippen molar-refractivity contribution in [1.82, 2.24) is 4.98 Å². The standard InChI is InChI=1S/C17H21N3O3/c1-4-5-13(21)9-12(3)19-17-14-8-11(2)6-7-15(14)18-10-16(17)20(22)23/h4,6-8,10,12-13,21H,1,5,9H2,2-3H3,(H,18,19). The molecule has 2 atom stereocenters. The van der Waals surface area contributed by atoms with Gasteiger partial charge in [0.1, 0.15) is 11.9 Å². The van der Waals surface area contributed by atoms with Crippen LogP contribution in [0.3, 0.4) is 0 Å². The zero-order valence-corrected chi connectivity index (χ0v) is 13.3. The Labute approximate surface area is 135 Å². The average Bonchev–Trinajstić information content (AvgIpc) is 2.47. The van der Waals surface area contributed by atoms with E-state index in [1.807, 2.05) is 32.0 Å². The second kappa shape index (κ2) is 7.19. The van der Waals surface area contributed by atoms with Crippen LogP contribution in [0.15, 0.2) is 37.1 Å². The first kappa shape index (κ1) is 16.9. The zero-order chi connectivity index (χ0) is 17.0. The minimum absolute atomic E-state index is 0.0619. The van der Waals surface area contributed by atoms with Crippen LogP contribution in [0.5, 0.6) is 0 Å². The number of hydrogen-bond donors (Lipinski definition) is 2. The maximum absolute atomic E-state index is 11.3. The fraction of sp³-hybridized carbons (Fsp3) is 0.353. The quantitative estimate of drug-likeness (QED) is 0.463. The monoisotopic (exact) mass is 315 g/mol. The predicted octanol–water partition coefficient (Wildman–Crippen LogP) is 3.58. The molecule has 6 heteroatoms. The number of fused-ring (bicyclic) bond motifs is 1. The maximum atomic E-state index is 11.3. The molecule has 0 aliphatic rings. The number of nitrogens with one attached hydrogen (secondary N) is 1. The van der Waals surface area contributed by atoms with E-state index < -0.39 is 11.0 Å². The summed E-state index contributed by atoms with van der Waals surface area (Å²) in [6.45, 7) is 7.42. The number of nitrogens with zero attached hydrogens (tertiary/aromatic N) is 2. The van der Waals surface area contributed by atoms with Crippen molar-refractivity contribution in [2.75, 3.05) is 5.32 Å². The third-order valence-corrected chi connectivity index (χ3v) is 3.66. The molecule has 2 aromatic rings. The third kappa shape index (κ3) is 4.04. The number of aliphatic hydroxyl groups excluding tert-OH is 1. The van der Waals surface area contributed by atoms with Crippen molar-refractivity contribution >= 4 is 22.3 Å². The van der Waals surface area contributed by atoms with E-state index >= 15 is 0 Å². The van der Waals surface area contributed by atoms with Crippen molar-refractivity contribution in [3.8, 4) is 0 Å². The number of anilines is 1. The molecule has 0 bridgehead atoms. The smallest absolute Gasteiger partial charge is 0.311 e. The van der Waals surface area contributed by atoms with Crippen LogP contribution in [-0.4, -0.2) is 27.2 Å². The highest BCUT2D eigenvalue weighted by molar-refractivity contribution is 5.96. The van der Waals surface area contributed by atoms with E-state index in [0.29, 0.717) is 29.4 Å². The fourth-order valence-corrected chi connectivity index (χ4v) is 2.59. The van der Waals surface area contributed by atoms with Gasteiger partial charge in [-0.2, -0.15) is 0 Å².